The molecule has 3 heteroatoms. The molecule has 0 saturated heterocycles. The Bertz CT molecular complexity index is 582. The van der Waals surface area contributed by atoms with E-state index in [4.69, 9.17) is 5.73 Å². The zero-order valence-corrected chi connectivity index (χ0v) is 9.52. The van der Waals surface area contributed by atoms with Gasteiger partial charge in [0.2, 0.25) is 0 Å². The lowest BCUT2D eigenvalue weighted by atomic mass is 9.72. The molecule has 1 heterocycles. The van der Waals surface area contributed by atoms with E-state index in [1.807, 2.05) is 24.3 Å². The van der Waals surface area contributed by atoms with E-state index in [1.165, 1.54) is 0 Å². The third-order valence-electron chi connectivity index (χ3n) is 3.63. The summed E-state index contributed by atoms with van der Waals surface area (Å²) < 4.78 is 0. The minimum Gasteiger partial charge on any atom is -0.319 e. The molecule has 0 amide bonds. The Labute approximate surface area is 99.7 Å². The van der Waals surface area contributed by atoms with E-state index in [0.717, 1.165) is 30.0 Å². The van der Waals surface area contributed by atoms with Crippen LogP contribution in [-0.4, -0.2) is 16.3 Å². The van der Waals surface area contributed by atoms with Gasteiger partial charge in [0.05, 0.1) is 5.54 Å². The van der Waals surface area contributed by atoms with Gasteiger partial charge >= 0.3 is 0 Å². The smallest absolute Gasteiger partial charge is 0.183 e. The van der Waals surface area contributed by atoms with Crippen molar-refractivity contribution in [3.05, 3.63) is 42.2 Å². The molecule has 17 heavy (non-hydrogen) atoms. The summed E-state index contributed by atoms with van der Waals surface area (Å²) in [6.07, 6.45) is 6.11. The van der Waals surface area contributed by atoms with E-state index in [0.29, 0.717) is 5.56 Å². The van der Waals surface area contributed by atoms with Crippen molar-refractivity contribution in [1.29, 1.82) is 0 Å². The first-order valence-electron chi connectivity index (χ1n) is 5.87. The van der Waals surface area contributed by atoms with Gasteiger partial charge in [0.1, 0.15) is 0 Å². The first-order valence-corrected chi connectivity index (χ1v) is 5.87. The minimum absolute atomic E-state index is 0.0577. The van der Waals surface area contributed by atoms with Crippen LogP contribution in [0.15, 0.2) is 36.7 Å². The topological polar surface area (TPSA) is 56.0 Å². The van der Waals surface area contributed by atoms with Crippen LogP contribution in [0.3, 0.4) is 0 Å². The van der Waals surface area contributed by atoms with Crippen LogP contribution in [0.4, 0.5) is 0 Å². The predicted octanol–water partition coefficient (Wildman–Crippen LogP) is 2.30. The number of ketones is 1. The standard InChI is InChI=1S/C14H14N2O/c15-14(6-2-7-14)13(17)11-4-1-3-10-5-8-16-9-12(10)11/h1,3-5,8-9H,2,6-7,15H2. The van der Waals surface area contributed by atoms with Crippen LogP contribution in [0, 0.1) is 0 Å². The summed E-state index contributed by atoms with van der Waals surface area (Å²) in [7, 11) is 0. The van der Waals surface area contributed by atoms with Crippen molar-refractivity contribution in [2.24, 2.45) is 5.73 Å². The minimum atomic E-state index is -0.635. The summed E-state index contributed by atoms with van der Waals surface area (Å²) >= 11 is 0. The van der Waals surface area contributed by atoms with Gasteiger partial charge in [-0.3, -0.25) is 9.78 Å². The van der Waals surface area contributed by atoms with Gasteiger partial charge in [-0.05, 0) is 30.7 Å². The summed E-state index contributed by atoms with van der Waals surface area (Å²) in [4.78, 5) is 16.5. The van der Waals surface area contributed by atoms with Crippen molar-refractivity contribution in [3.63, 3.8) is 0 Å². The average molecular weight is 226 g/mol. The molecule has 86 valence electrons. The predicted molar refractivity (Wildman–Crippen MR) is 66.8 cm³/mol. The molecule has 0 atom stereocenters. The van der Waals surface area contributed by atoms with Gasteiger partial charge in [-0.2, -0.15) is 0 Å². The summed E-state index contributed by atoms with van der Waals surface area (Å²) in [6.45, 7) is 0. The molecule has 3 nitrogen and oxygen atoms in total. The zero-order chi connectivity index (χ0) is 11.9. The SMILES string of the molecule is NC1(C(=O)c2cccc3ccncc23)CCC1. The van der Waals surface area contributed by atoms with Crippen LogP contribution in [0.25, 0.3) is 10.8 Å². The number of benzene rings is 1. The lowest BCUT2D eigenvalue weighted by molar-refractivity contribution is 0.0802. The molecule has 1 aliphatic rings. The molecule has 0 spiro atoms. The highest BCUT2D eigenvalue weighted by molar-refractivity contribution is 6.12. The lowest BCUT2D eigenvalue weighted by Gasteiger charge is -2.36. The van der Waals surface area contributed by atoms with E-state index in [2.05, 4.69) is 4.98 Å². The third kappa shape index (κ3) is 1.54. The number of hydrogen-bond acceptors (Lipinski definition) is 3. The maximum absolute atomic E-state index is 12.4. The van der Waals surface area contributed by atoms with E-state index >= 15 is 0 Å². The van der Waals surface area contributed by atoms with Crippen molar-refractivity contribution in [2.75, 3.05) is 0 Å². The fourth-order valence-electron chi connectivity index (χ4n) is 2.36. The van der Waals surface area contributed by atoms with E-state index < -0.39 is 5.54 Å². The van der Waals surface area contributed by atoms with Gasteiger partial charge in [0, 0.05) is 23.3 Å². The first-order chi connectivity index (χ1) is 8.21. The van der Waals surface area contributed by atoms with Gasteiger partial charge in [0.25, 0.3) is 0 Å². The van der Waals surface area contributed by atoms with Crippen molar-refractivity contribution < 1.29 is 4.79 Å². The molecule has 0 radical (unpaired) electrons. The van der Waals surface area contributed by atoms with E-state index in [9.17, 15) is 4.79 Å². The van der Waals surface area contributed by atoms with Crippen molar-refractivity contribution in [3.8, 4) is 0 Å². The Morgan fingerprint density at radius 2 is 2.12 bits per heavy atom. The van der Waals surface area contributed by atoms with Crippen LogP contribution >= 0.6 is 0 Å². The highest BCUT2D eigenvalue weighted by Crippen LogP contribution is 2.34. The molecule has 0 unspecified atom stereocenters. The van der Waals surface area contributed by atoms with Gasteiger partial charge in [-0.1, -0.05) is 18.2 Å². The Kier molecular flexibility index (Phi) is 2.23. The molecule has 0 aliphatic heterocycles. The lowest BCUT2D eigenvalue weighted by Crippen LogP contribution is -2.53. The Morgan fingerprint density at radius 3 is 2.82 bits per heavy atom. The third-order valence-corrected chi connectivity index (χ3v) is 3.63. The van der Waals surface area contributed by atoms with Crippen molar-refractivity contribution in [2.45, 2.75) is 24.8 Å². The second kappa shape index (κ2) is 3.64. The number of carbonyl (C=O) groups excluding carboxylic acids is 1. The van der Waals surface area contributed by atoms with Crippen LogP contribution in [0.5, 0.6) is 0 Å². The van der Waals surface area contributed by atoms with Crippen LogP contribution < -0.4 is 5.73 Å². The molecule has 0 bridgehead atoms. The second-order valence-electron chi connectivity index (χ2n) is 4.74. The normalized spacial score (nSPS) is 17.7. The Balaban J connectivity index is 2.14. The Hall–Kier alpha value is -1.74. The van der Waals surface area contributed by atoms with Gasteiger partial charge in [-0.25, -0.2) is 0 Å². The number of fused-ring (bicyclic) bond motifs is 1. The molecule has 1 aliphatic carbocycles. The maximum Gasteiger partial charge on any atom is 0.183 e. The van der Waals surface area contributed by atoms with Crippen molar-refractivity contribution >= 4 is 16.6 Å². The van der Waals surface area contributed by atoms with Gasteiger partial charge < -0.3 is 5.73 Å². The second-order valence-corrected chi connectivity index (χ2v) is 4.74. The molecule has 1 aromatic carbocycles. The molecule has 3 rings (SSSR count). The average Bonchev–Trinajstić information content (AvgIpc) is 2.34. The number of Topliss-reactive ketones (excluding diaryl/α,β-unsaturated/α-hetero) is 1. The molecular weight excluding hydrogens is 212 g/mol. The monoisotopic (exact) mass is 226 g/mol. The maximum atomic E-state index is 12.4. The highest BCUT2D eigenvalue weighted by Gasteiger charge is 2.40. The zero-order valence-electron chi connectivity index (χ0n) is 9.52. The van der Waals surface area contributed by atoms with Crippen LogP contribution in [-0.2, 0) is 0 Å². The number of pyridine rings is 1. The summed E-state index contributed by atoms with van der Waals surface area (Å²) in [5, 5.41) is 1.94. The molecular formula is C14H14N2O. The van der Waals surface area contributed by atoms with Crippen LogP contribution in [0.2, 0.25) is 0 Å². The van der Waals surface area contributed by atoms with E-state index in [-0.39, 0.29) is 5.78 Å². The number of carbonyl (C=O) groups is 1. The van der Waals surface area contributed by atoms with Gasteiger partial charge in [-0.15, -0.1) is 0 Å². The van der Waals surface area contributed by atoms with E-state index in [1.54, 1.807) is 12.4 Å². The summed E-state index contributed by atoms with van der Waals surface area (Å²) in [5.74, 6) is 0.0577. The quantitative estimate of drug-likeness (QED) is 0.799. The molecule has 2 N–H and O–H groups in total. The van der Waals surface area contributed by atoms with Crippen LogP contribution in [0.1, 0.15) is 29.6 Å². The van der Waals surface area contributed by atoms with Gasteiger partial charge in [0.15, 0.2) is 5.78 Å². The Morgan fingerprint density at radius 1 is 1.29 bits per heavy atom. The molecule has 1 fully saturated rings. The fraction of sp³-hybridized carbons (Fsp3) is 0.286. The number of rotatable bonds is 2. The summed E-state index contributed by atoms with van der Waals surface area (Å²) in [5.41, 5.74) is 6.17. The largest absolute Gasteiger partial charge is 0.319 e. The van der Waals surface area contributed by atoms with Crippen molar-refractivity contribution in [1.82, 2.24) is 4.98 Å². The number of nitrogens with zero attached hydrogens (tertiary/aromatic N) is 1. The highest BCUT2D eigenvalue weighted by atomic mass is 16.1. The number of nitrogens with two attached hydrogens (primary N) is 1. The first kappa shape index (κ1) is 10.4. The molecule has 2 aromatic rings. The number of hydrogen-bond donors (Lipinski definition) is 1. The fourth-order valence-corrected chi connectivity index (χ4v) is 2.36. The molecule has 1 aromatic heterocycles. The number of aromatic nitrogens is 1. The summed E-state index contributed by atoms with van der Waals surface area (Å²) in [6, 6.07) is 7.64. The molecule has 1 saturated carbocycles.